The van der Waals surface area contributed by atoms with Crippen molar-refractivity contribution < 1.29 is 4.74 Å². The molecule has 22 heavy (non-hydrogen) atoms. The Balaban J connectivity index is 1.61. The Morgan fingerprint density at radius 1 is 1.41 bits per heavy atom. The molecule has 1 aliphatic rings. The third-order valence-corrected chi connectivity index (χ3v) is 4.72. The summed E-state index contributed by atoms with van der Waals surface area (Å²) >= 11 is 0. The number of hydrogen-bond acceptors (Lipinski definition) is 3. The standard InChI is InChI=1S/C18H25N3O/c1-14(17-5-4-6-18(10-17)22-3)21-8-7-15(13-21)9-16-11-19-20(2)12-16/h4-6,10-12,14-15H,7-9,13H2,1-3H3/t14-,15-/m1/s1. The summed E-state index contributed by atoms with van der Waals surface area (Å²) in [6.07, 6.45) is 6.53. The number of aromatic nitrogens is 2. The average Bonchev–Trinajstić information content (AvgIpc) is 3.16. The maximum atomic E-state index is 5.34. The van der Waals surface area contributed by atoms with Crippen LogP contribution in [0.5, 0.6) is 5.75 Å². The van der Waals surface area contributed by atoms with Gasteiger partial charge in [0, 0.05) is 25.8 Å². The molecule has 1 aromatic heterocycles. The van der Waals surface area contributed by atoms with Crippen LogP contribution in [0.25, 0.3) is 0 Å². The first-order chi connectivity index (χ1) is 10.7. The van der Waals surface area contributed by atoms with Crippen molar-refractivity contribution in [3.63, 3.8) is 0 Å². The Morgan fingerprint density at radius 3 is 3.00 bits per heavy atom. The Kier molecular flexibility index (Phi) is 4.48. The van der Waals surface area contributed by atoms with E-state index < -0.39 is 0 Å². The zero-order valence-corrected chi connectivity index (χ0v) is 13.7. The summed E-state index contributed by atoms with van der Waals surface area (Å²) in [7, 11) is 3.71. The van der Waals surface area contributed by atoms with Gasteiger partial charge in [0.25, 0.3) is 0 Å². The van der Waals surface area contributed by atoms with Gasteiger partial charge in [-0.05, 0) is 55.5 Å². The molecule has 0 spiro atoms. The van der Waals surface area contributed by atoms with Crippen LogP contribution >= 0.6 is 0 Å². The predicted octanol–water partition coefficient (Wildman–Crippen LogP) is 3.05. The fourth-order valence-electron chi connectivity index (χ4n) is 3.40. The van der Waals surface area contributed by atoms with Gasteiger partial charge < -0.3 is 4.74 Å². The summed E-state index contributed by atoms with van der Waals surface area (Å²) in [5.74, 6) is 1.67. The SMILES string of the molecule is COc1cccc([C@@H](C)N2CC[C@H](Cc3cnn(C)c3)C2)c1. The topological polar surface area (TPSA) is 30.3 Å². The van der Waals surface area contributed by atoms with Gasteiger partial charge in [-0.15, -0.1) is 0 Å². The minimum absolute atomic E-state index is 0.439. The van der Waals surface area contributed by atoms with Crippen molar-refractivity contribution in [2.45, 2.75) is 25.8 Å². The highest BCUT2D eigenvalue weighted by molar-refractivity contribution is 5.30. The Morgan fingerprint density at radius 2 is 2.27 bits per heavy atom. The van der Waals surface area contributed by atoms with Crippen LogP contribution in [0.15, 0.2) is 36.7 Å². The van der Waals surface area contributed by atoms with E-state index in [9.17, 15) is 0 Å². The molecule has 1 saturated heterocycles. The number of ether oxygens (including phenoxy) is 1. The van der Waals surface area contributed by atoms with Crippen LogP contribution in [0.3, 0.4) is 0 Å². The van der Waals surface area contributed by atoms with Gasteiger partial charge in [0.1, 0.15) is 5.75 Å². The lowest BCUT2D eigenvalue weighted by atomic mass is 10.0. The van der Waals surface area contributed by atoms with Gasteiger partial charge in [-0.25, -0.2) is 0 Å². The molecule has 2 aromatic rings. The monoisotopic (exact) mass is 299 g/mol. The molecule has 0 unspecified atom stereocenters. The number of benzene rings is 1. The lowest BCUT2D eigenvalue weighted by Crippen LogP contribution is -2.24. The summed E-state index contributed by atoms with van der Waals surface area (Å²) in [5.41, 5.74) is 2.68. The minimum Gasteiger partial charge on any atom is -0.497 e. The summed E-state index contributed by atoms with van der Waals surface area (Å²) in [6, 6.07) is 8.87. The summed E-state index contributed by atoms with van der Waals surface area (Å²) < 4.78 is 7.23. The third kappa shape index (κ3) is 3.33. The van der Waals surface area contributed by atoms with E-state index in [4.69, 9.17) is 4.74 Å². The van der Waals surface area contributed by atoms with Crippen molar-refractivity contribution >= 4 is 0 Å². The van der Waals surface area contributed by atoms with Crippen molar-refractivity contribution in [1.29, 1.82) is 0 Å². The van der Waals surface area contributed by atoms with Gasteiger partial charge in [-0.3, -0.25) is 9.58 Å². The molecule has 0 aliphatic carbocycles. The molecule has 0 radical (unpaired) electrons. The largest absolute Gasteiger partial charge is 0.497 e. The molecule has 2 atom stereocenters. The number of methoxy groups -OCH3 is 1. The molecule has 0 bridgehead atoms. The summed E-state index contributed by atoms with van der Waals surface area (Å²) in [5, 5.41) is 4.27. The Hall–Kier alpha value is -1.81. The molecule has 0 N–H and O–H groups in total. The summed E-state index contributed by atoms with van der Waals surface area (Å²) in [4.78, 5) is 2.58. The second-order valence-corrected chi connectivity index (χ2v) is 6.33. The fourth-order valence-corrected chi connectivity index (χ4v) is 3.40. The normalized spacial score (nSPS) is 20.2. The van der Waals surface area contributed by atoms with Crippen molar-refractivity contribution in [2.24, 2.45) is 13.0 Å². The first kappa shape index (κ1) is 15.1. The highest BCUT2D eigenvalue weighted by Gasteiger charge is 2.27. The highest BCUT2D eigenvalue weighted by atomic mass is 16.5. The molecule has 4 heteroatoms. The molecule has 1 aliphatic heterocycles. The number of aryl methyl sites for hydroxylation is 1. The van der Waals surface area contributed by atoms with E-state index in [0.29, 0.717) is 6.04 Å². The van der Waals surface area contributed by atoms with Gasteiger partial charge in [0.15, 0.2) is 0 Å². The number of rotatable bonds is 5. The molecule has 1 fully saturated rings. The van der Waals surface area contributed by atoms with Crippen LogP contribution in [0.2, 0.25) is 0 Å². The Labute approximate surface area is 132 Å². The maximum absolute atomic E-state index is 5.34. The van der Waals surface area contributed by atoms with E-state index >= 15 is 0 Å². The van der Waals surface area contributed by atoms with Gasteiger partial charge in [-0.1, -0.05) is 12.1 Å². The second-order valence-electron chi connectivity index (χ2n) is 6.33. The van der Waals surface area contributed by atoms with Gasteiger partial charge in [0.2, 0.25) is 0 Å². The molecular weight excluding hydrogens is 274 g/mol. The van der Waals surface area contributed by atoms with Gasteiger partial charge >= 0.3 is 0 Å². The molecule has 2 heterocycles. The van der Waals surface area contributed by atoms with E-state index in [1.807, 2.05) is 24.0 Å². The van der Waals surface area contributed by atoms with Gasteiger partial charge in [0.05, 0.1) is 13.3 Å². The zero-order chi connectivity index (χ0) is 15.5. The van der Waals surface area contributed by atoms with Crippen molar-refractivity contribution in [2.75, 3.05) is 20.2 Å². The highest BCUT2D eigenvalue weighted by Crippen LogP contribution is 2.30. The predicted molar refractivity (Wildman–Crippen MR) is 88.0 cm³/mol. The van der Waals surface area contributed by atoms with E-state index in [2.05, 4.69) is 41.3 Å². The average molecular weight is 299 g/mol. The molecule has 0 saturated carbocycles. The number of likely N-dealkylation sites (tertiary alicyclic amines) is 1. The van der Waals surface area contributed by atoms with Crippen LogP contribution in [-0.4, -0.2) is 34.9 Å². The molecule has 118 valence electrons. The van der Waals surface area contributed by atoms with Crippen molar-refractivity contribution in [3.8, 4) is 5.75 Å². The van der Waals surface area contributed by atoms with Crippen LogP contribution in [0, 0.1) is 5.92 Å². The zero-order valence-electron chi connectivity index (χ0n) is 13.7. The maximum Gasteiger partial charge on any atom is 0.119 e. The van der Waals surface area contributed by atoms with E-state index in [-0.39, 0.29) is 0 Å². The van der Waals surface area contributed by atoms with Crippen LogP contribution in [0.1, 0.15) is 30.5 Å². The quantitative estimate of drug-likeness (QED) is 0.850. The fraction of sp³-hybridized carbons (Fsp3) is 0.500. The van der Waals surface area contributed by atoms with Crippen LogP contribution in [0.4, 0.5) is 0 Å². The van der Waals surface area contributed by atoms with Gasteiger partial charge in [-0.2, -0.15) is 5.10 Å². The van der Waals surface area contributed by atoms with Crippen LogP contribution in [-0.2, 0) is 13.5 Å². The smallest absolute Gasteiger partial charge is 0.119 e. The molecule has 1 aromatic carbocycles. The van der Waals surface area contributed by atoms with Crippen molar-refractivity contribution in [1.82, 2.24) is 14.7 Å². The summed E-state index contributed by atoms with van der Waals surface area (Å²) in [6.45, 7) is 4.62. The van der Waals surface area contributed by atoms with Crippen molar-refractivity contribution in [3.05, 3.63) is 47.8 Å². The molecular formula is C18H25N3O. The minimum atomic E-state index is 0.439. The first-order valence-electron chi connectivity index (χ1n) is 8.01. The van der Waals surface area contributed by atoms with Crippen LogP contribution < -0.4 is 4.74 Å². The lowest BCUT2D eigenvalue weighted by molar-refractivity contribution is 0.252. The third-order valence-electron chi connectivity index (χ3n) is 4.72. The van der Waals surface area contributed by atoms with E-state index in [1.54, 1.807) is 7.11 Å². The molecule has 0 amide bonds. The first-order valence-corrected chi connectivity index (χ1v) is 8.01. The molecule has 4 nitrogen and oxygen atoms in total. The lowest BCUT2D eigenvalue weighted by Gasteiger charge is -2.25. The molecule has 3 rings (SSSR count). The number of hydrogen-bond donors (Lipinski definition) is 0. The van der Waals surface area contributed by atoms with E-state index in [0.717, 1.165) is 24.6 Å². The second kappa shape index (κ2) is 6.53. The van der Waals surface area contributed by atoms with E-state index in [1.165, 1.54) is 24.1 Å². The number of nitrogens with zero attached hydrogens (tertiary/aromatic N) is 3. The Bertz CT molecular complexity index is 622.